The number of amides is 2. The second-order valence-electron chi connectivity index (χ2n) is 8.39. The number of benzene rings is 2. The van der Waals surface area contributed by atoms with Gasteiger partial charge < -0.3 is 20.0 Å². The van der Waals surface area contributed by atoms with Crippen LogP contribution in [0.3, 0.4) is 0 Å². The normalized spacial score (nSPS) is 17.1. The first-order valence-corrected chi connectivity index (χ1v) is 10.9. The first kappa shape index (κ1) is 19.6. The lowest BCUT2D eigenvalue weighted by Crippen LogP contribution is -2.50. The minimum absolute atomic E-state index is 0.00581. The summed E-state index contributed by atoms with van der Waals surface area (Å²) in [6.07, 6.45) is 2.54. The van der Waals surface area contributed by atoms with Crippen molar-refractivity contribution in [2.45, 2.75) is 32.6 Å². The Morgan fingerprint density at radius 1 is 0.759 bits per heavy atom. The van der Waals surface area contributed by atoms with Crippen molar-refractivity contribution in [3.63, 3.8) is 0 Å². The maximum Gasteiger partial charge on any atom is 0.321 e. The number of carbonyl (C=O) groups is 1. The lowest BCUT2D eigenvalue weighted by molar-refractivity contribution is 0.208. The molecule has 2 heterocycles. The predicted molar refractivity (Wildman–Crippen MR) is 121 cm³/mol. The van der Waals surface area contributed by atoms with Crippen LogP contribution in [0.5, 0.6) is 0 Å². The molecule has 0 saturated carbocycles. The highest BCUT2D eigenvalue weighted by molar-refractivity contribution is 5.89. The molecule has 1 N–H and O–H groups in total. The number of hydrogen-bond donors (Lipinski definition) is 1. The van der Waals surface area contributed by atoms with Crippen LogP contribution in [0.25, 0.3) is 0 Å². The van der Waals surface area contributed by atoms with Gasteiger partial charge in [0, 0.05) is 56.3 Å². The van der Waals surface area contributed by atoms with Crippen molar-refractivity contribution in [2.75, 3.05) is 54.4 Å². The van der Waals surface area contributed by atoms with E-state index in [2.05, 4.69) is 65.4 Å². The quantitative estimate of drug-likeness (QED) is 0.815. The molecule has 4 rings (SSSR count). The fourth-order valence-corrected chi connectivity index (χ4v) is 4.17. The zero-order chi connectivity index (χ0) is 20.2. The molecule has 2 saturated heterocycles. The molecular weight excluding hydrogens is 360 g/mol. The summed E-state index contributed by atoms with van der Waals surface area (Å²) in [4.78, 5) is 19.3. The van der Waals surface area contributed by atoms with Gasteiger partial charge >= 0.3 is 6.03 Å². The molecule has 0 radical (unpaired) electrons. The molecular formula is C24H32N4O. The van der Waals surface area contributed by atoms with Crippen molar-refractivity contribution in [2.24, 2.45) is 0 Å². The molecule has 154 valence electrons. The van der Waals surface area contributed by atoms with Gasteiger partial charge in [-0.05, 0) is 60.7 Å². The van der Waals surface area contributed by atoms with E-state index in [4.69, 9.17) is 0 Å². The van der Waals surface area contributed by atoms with Crippen molar-refractivity contribution >= 4 is 23.1 Å². The third kappa shape index (κ3) is 4.66. The molecule has 0 spiro atoms. The Morgan fingerprint density at radius 3 is 1.83 bits per heavy atom. The highest BCUT2D eigenvalue weighted by Crippen LogP contribution is 2.23. The van der Waals surface area contributed by atoms with Crippen LogP contribution in [-0.4, -0.2) is 50.2 Å². The van der Waals surface area contributed by atoms with Crippen LogP contribution >= 0.6 is 0 Å². The van der Waals surface area contributed by atoms with Gasteiger partial charge in [0.1, 0.15) is 0 Å². The highest BCUT2D eigenvalue weighted by atomic mass is 16.2. The zero-order valence-electron chi connectivity index (χ0n) is 17.6. The van der Waals surface area contributed by atoms with Crippen molar-refractivity contribution in [1.29, 1.82) is 0 Å². The van der Waals surface area contributed by atoms with E-state index >= 15 is 0 Å². The van der Waals surface area contributed by atoms with Crippen LogP contribution in [0.1, 0.15) is 38.2 Å². The van der Waals surface area contributed by atoms with Gasteiger partial charge in [-0.25, -0.2) is 4.79 Å². The van der Waals surface area contributed by atoms with E-state index in [1.807, 2.05) is 17.0 Å². The van der Waals surface area contributed by atoms with Gasteiger partial charge in [0.2, 0.25) is 0 Å². The van der Waals surface area contributed by atoms with Crippen molar-refractivity contribution < 1.29 is 4.79 Å². The number of carbonyl (C=O) groups excluding carboxylic acids is 1. The summed E-state index contributed by atoms with van der Waals surface area (Å²) in [5.41, 5.74) is 4.72. The molecule has 2 amide bonds. The summed E-state index contributed by atoms with van der Waals surface area (Å²) < 4.78 is 0. The Bertz CT molecular complexity index is 802. The second-order valence-corrected chi connectivity index (χ2v) is 8.39. The largest absolute Gasteiger partial charge is 0.372 e. The van der Waals surface area contributed by atoms with Gasteiger partial charge in [0.05, 0.1) is 0 Å². The number of nitrogens with one attached hydrogen (secondary N) is 1. The fraction of sp³-hybridized carbons (Fsp3) is 0.458. The standard InChI is InChI=1S/C24H32N4O/c1-19(2)20-5-9-22(10-6-20)27-15-17-28(18-16-27)24(29)25-21-7-11-23(12-8-21)26-13-3-4-14-26/h5-12,19H,3-4,13-18H2,1-2H3,(H,25,29). The summed E-state index contributed by atoms with van der Waals surface area (Å²) in [5, 5.41) is 3.05. The van der Waals surface area contributed by atoms with E-state index in [0.29, 0.717) is 5.92 Å². The van der Waals surface area contributed by atoms with E-state index in [1.54, 1.807) is 0 Å². The number of hydrogen-bond acceptors (Lipinski definition) is 3. The summed E-state index contributed by atoms with van der Waals surface area (Å²) in [6.45, 7) is 9.91. The Balaban J connectivity index is 1.28. The number of rotatable bonds is 4. The van der Waals surface area contributed by atoms with E-state index < -0.39 is 0 Å². The predicted octanol–water partition coefficient (Wildman–Crippen LogP) is 4.76. The molecule has 2 aliphatic heterocycles. The van der Waals surface area contributed by atoms with Crippen LogP contribution in [0.2, 0.25) is 0 Å². The Labute approximate surface area is 174 Å². The summed E-state index contributed by atoms with van der Waals surface area (Å²) in [6, 6.07) is 17.1. The molecule has 0 aliphatic carbocycles. The minimum Gasteiger partial charge on any atom is -0.372 e. The smallest absolute Gasteiger partial charge is 0.321 e. The number of piperazine rings is 1. The van der Waals surface area contributed by atoms with Crippen molar-refractivity contribution in [3.8, 4) is 0 Å². The van der Waals surface area contributed by atoms with Crippen LogP contribution in [0, 0.1) is 0 Å². The molecule has 0 atom stereocenters. The average molecular weight is 393 g/mol. The molecule has 0 aromatic heterocycles. The summed E-state index contributed by atoms with van der Waals surface area (Å²) in [5.74, 6) is 0.550. The first-order valence-electron chi connectivity index (χ1n) is 10.9. The monoisotopic (exact) mass is 392 g/mol. The molecule has 0 bridgehead atoms. The second kappa shape index (κ2) is 8.76. The van der Waals surface area contributed by atoms with Gasteiger partial charge in [-0.1, -0.05) is 26.0 Å². The van der Waals surface area contributed by atoms with Crippen LogP contribution < -0.4 is 15.1 Å². The Morgan fingerprint density at radius 2 is 1.28 bits per heavy atom. The zero-order valence-corrected chi connectivity index (χ0v) is 17.6. The molecule has 5 heteroatoms. The SMILES string of the molecule is CC(C)c1ccc(N2CCN(C(=O)Nc3ccc(N4CCCC4)cc3)CC2)cc1. The van der Waals surface area contributed by atoms with E-state index in [0.717, 1.165) is 45.0 Å². The Hall–Kier alpha value is -2.69. The van der Waals surface area contributed by atoms with Gasteiger partial charge in [-0.15, -0.1) is 0 Å². The van der Waals surface area contributed by atoms with E-state index in [-0.39, 0.29) is 6.03 Å². The van der Waals surface area contributed by atoms with Gasteiger partial charge in [-0.2, -0.15) is 0 Å². The fourth-order valence-electron chi connectivity index (χ4n) is 4.17. The van der Waals surface area contributed by atoms with Crippen LogP contribution in [0.4, 0.5) is 21.9 Å². The minimum atomic E-state index is -0.00581. The number of nitrogens with zero attached hydrogens (tertiary/aromatic N) is 3. The third-order valence-corrected chi connectivity index (χ3v) is 6.08. The van der Waals surface area contributed by atoms with Crippen molar-refractivity contribution in [3.05, 3.63) is 54.1 Å². The molecule has 2 aromatic rings. The number of urea groups is 1. The van der Waals surface area contributed by atoms with Gasteiger partial charge in [-0.3, -0.25) is 0 Å². The Kier molecular flexibility index (Phi) is 5.93. The molecule has 5 nitrogen and oxygen atoms in total. The summed E-state index contributed by atoms with van der Waals surface area (Å²) in [7, 11) is 0. The van der Waals surface area contributed by atoms with Crippen LogP contribution in [0.15, 0.2) is 48.5 Å². The van der Waals surface area contributed by atoms with E-state index in [1.165, 1.54) is 29.8 Å². The average Bonchev–Trinajstić information content (AvgIpc) is 3.29. The number of anilines is 3. The molecule has 2 aromatic carbocycles. The maximum absolute atomic E-state index is 12.7. The topological polar surface area (TPSA) is 38.8 Å². The molecule has 2 fully saturated rings. The van der Waals surface area contributed by atoms with Gasteiger partial charge in [0.15, 0.2) is 0 Å². The molecule has 0 unspecified atom stereocenters. The van der Waals surface area contributed by atoms with Crippen molar-refractivity contribution in [1.82, 2.24) is 4.90 Å². The lowest BCUT2D eigenvalue weighted by Gasteiger charge is -2.36. The lowest BCUT2D eigenvalue weighted by atomic mass is 10.0. The highest BCUT2D eigenvalue weighted by Gasteiger charge is 2.21. The molecule has 2 aliphatic rings. The third-order valence-electron chi connectivity index (χ3n) is 6.08. The van der Waals surface area contributed by atoms with E-state index in [9.17, 15) is 4.79 Å². The van der Waals surface area contributed by atoms with Crippen LogP contribution in [-0.2, 0) is 0 Å². The maximum atomic E-state index is 12.7. The van der Waals surface area contributed by atoms with Gasteiger partial charge in [0.25, 0.3) is 0 Å². The summed E-state index contributed by atoms with van der Waals surface area (Å²) >= 11 is 0. The first-order chi connectivity index (χ1) is 14.1. The molecule has 29 heavy (non-hydrogen) atoms.